The third-order valence-corrected chi connectivity index (χ3v) is 4.20. The highest BCUT2D eigenvalue weighted by Crippen LogP contribution is 2.25. The maximum Gasteiger partial charge on any atom is 0.0375 e. The lowest BCUT2D eigenvalue weighted by Crippen LogP contribution is -2.60. The van der Waals surface area contributed by atoms with E-state index in [1.165, 1.54) is 19.5 Å². The van der Waals surface area contributed by atoms with Crippen molar-refractivity contribution in [3.8, 4) is 0 Å². The summed E-state index contributed by atoms with van der Waals surface area (Å²) in [5.41, 5.74) is 6.29. The molecule has 0 spiro atoms. The van der Waals surface area contributed by atoms with Gasteiger partial charge in [-0.1, -0.05) is 13.8 Å². The van der Waals surface area contributed by atoms with Crippen molar-refractivity contribution >= 4 is 0 Å². The highest BCUT2D eigenvalue weighted by atomic mass is 15.2. The molecule has 4 atom stereocenters. The average Bonchev–Trinajstić information content (AvgIpc) is 2.20. The molecule has 0 bridgehead atoms. The summed E-state index contributed by atoms with van der Waals surface area (Å²) in [6.07, 6.45) is 2.54. The number of likely N-dealkylation sites (tertiary alicyclic amines) is 2. The molecule has 0 saturated carbocycles. The fourth-order valence-electron chi connectivity index (χ4n) is 3.48. The Morgan fingerprint density at radius 1 is 1.06 bits per heavy atom. The Morgan fingerprint density at radius 2 is 1.69 bits per heavy atom. The second-order valence-electron chi connectivity index (χ2n) is 6.18. The molecule has 4 unspecified atom stereocenters. The Balaban J connectivity index is 1.99. The van der Waals surface area contributed by atoms with Crippen LogP contribution in [0.15, 0.2) is 0 Å². The van der Waals surface area contributed by atoms with E-state index in [2.05, 4.69) is 30.7 Å². The van der Waals surface area contributed by atoms with Crippen molar-refractivity contribution in [2.45, 2.75) is 38.8 Å². The Kier molecular flexibility index (Phi) is 3.88. The summed E-state index contributed by atoms with van der Waals surface area (Å²) in [6, 6.07) is 0.970. The monoisotopic (exact) mass is 225 g/mol. The Bertz CT molecular complexity index is 221. The second kappa shape index (κ2) is 5.03. The van der Waals surface area contributed by atoms with Crippen LogP contribution in [0.25, 0.3) is 0 Å². The Labute approximate surface area is 100.0 Å². The van der Waals surface area contributed by atoms with Gasteiger partial charge in [-0.15, -0.1) is 0 Å². The van der Waals surface area contributed by atoms with Gasteiger partial charge in [-0.2, -0.15) is 0 Å². The van der Waals surface area contributed by atoms with E-state index in [-0.39, 0.29) is 0 Å². The summed E-state index contributed by atoms with van der Waals surface area (Å²) in [7, 11) is 2.22. The fourth-order valence-corrected chi connectivity index (χ4v) is 3.48. The standard InChI is InChI=1S/C13H27N3/c1-10-6-11(2)8-16(7-10)13-9-15(3)5-4-12(13)14/h10-13H,4-9,14H2,1-3H3. The molecule has 3 nitrogen and oxygen atoms in total. The number of likely N-dealkylation sites (N-methyl/N-ethyl adjacent to an activating group) is 1. The van der Waals surface area contributed by atoms with Gasteiger partial charge in [-0.05, 0) is 38.3 Å². The second-order valence-corrected chi connectivity index (χ2v) is 6.18. The fraction of sp³-hybridized carbons (Fsp3) is 1.00. The van der Waals surface area contributed by atoms with E-state index in [1.54, 1.807) is 0 Å². The molecule has 2 fully saturated rings. The van der Waals surface area contributed by atoms with Gasteiger partial charge in [0.2, 0.25) is 0 Å². The van der Waals surface area contributed by atoms with E-state index >= 15 is 0 Å². The summed E-state index contributed by atoms with van der Waals surface area (Å²) in [6.45, 7) is 9.56. The number of hydrogen-bond acceptors (Lipinski definition) is 3. The molecule has 3 heteroatoms. The first-order valence-electron chi connectivity index (χ1n) is 6.74. The van der Waals surface area contributed by atoms with Crippen LogP contribution in [0.4, 0.5) is 0 Å². The first-order valence-corrected chi connectivity index (χ1v) is 6.74. The van der Waals surface area contributed by atoms with Crippen molar-refractivity contribution in [1.29, 1.82) is 0 Å². The molecule has 0 aromatic rings. The molecule has 2 aliphatic heterocycles. The molecule has 94 valence electrons. The molecule has 0 amide bonds. The molecule has 2 saturated heterocycles. The van der Waals surface area contributed by atoms with Gasteiger partial charge in [-0.25, -0.2) is 0 Å². The SMILES string of the molecule is CC1CC(C)CN(C2CN(C)CCC2N)C1. The molecule has 2 rings (SSSR count). The number of nitrogens with zero attached hydrogens (tertiary/aromatic N) is 2. The van der Waals surface area contributed by atoms with Gasteiger partial charge >= 0.3 is 0 Å². The lowest BCUT2D eigenvalue weighted by atomic mass is 9.88. The maximum atomic E-state index is 6.29. The van der Waals surface area contributed by atoms with Crippen molar-refractivity contribution in [3.05, 3.63) is 0 Å². The van der Waals surface area contributed by atoms with Crippen LogP contribution >= 0.6 is 0 Å². The van der Waals surface area contributed by atoms with Gasteiger partial charge in [0.05, 0.1) is 0 Å². The third-order valence-electron chi connectivity index (χ3n) is 4.20. The lowest BCUT2D eigenvalue weighted by molar-refractivity contribution is 0.0436. The Morgan fingerprint density at radius 3 is 2.31 bits per heavy atom. The van der Waals surface area contributed by atoms with Crippen molar-refractivity contribution in [1.82, 2.24) is 9.80 Å². The first-order chi connectivity index (χ1) is 7.56. The molecule has 2 heterocycles. The molecular formula is C13H27N3. The van der Waals surface area contributed by atoms with Crippen LogP contribution in [0.2, 0.25) is 0 Å². The van der Waals surface area contributed by atoms with Crippen LogP contribution < -0.4 is 5.73 Å². The summed E-state index contributed by atoms with van der Waals surface area (Å²) >= 11 is 0. The van der Waals surface area contributed by atoms with E-state index in [0.29, 0.717) is 12.1 Å². The van der Waals surface area contributed by atoms with Crippen molar-refractivity contribution in [2.24, 2.45) is 17.6 Å². The van der Waals surface area contributed by atoms with Crippen LogP contribution in [0, 0.1) is 11.8 Å². The average molecular weight is 225 g/mol. The predicted octanol–water partition coefficient (Wildman–Crippen LogP) is 0.996. The highest BCUT2D eigenvalue weighted by molar-refractivity contribution is 4.91. The van der Waals surface area contributed by atoms with E-state index in [0.717, 1.165) is 31.3 Å². The molecular weight excluding hydrogens is 198 g/mol. The summed E-state index contributed by atoms with van der Waals surface area (Å²) in [4.78, 5) is 5.08. The molecule has 16 heavy (non-hydrogen) atoms. The topological polar surface area (TPSA) is 32.5 Å². The van der Waals surface area contributed by atoms with Crippen molar-refractivity contribution in [3.63, 3.8) is 0 Å². The van der Waals surface area contributed by atoms with Gasteiger partial charge in [0.1, 0.15) is 0 Å². The lowest BCUT2D eigenvalue weighted by Gasteiger charge is -2.46. The summed E-state index contributed by atoms with van der Waals surface area (Å²) in [5.74, 6) is 1.67. The first kappa shape index (κ1) is 12.3. The van der Waals surface area contributed by atoms with Crippen LogP contribution in [-0.2, 0) is 0 Å². The summed E-state index contributed by atoms with van der Waals surface area (Å²) in [5, 5.41) is 0. The van der Waals surface area contributed by atoms with Crippen molar-refractivity contribution < 1.29 is 0 Å². The zero-order valence-electron chi connectivity index (χ0n) is 11.0. The van der Waals surface area contributed by atoms with E-state index in [9.17, 15) is 0 Å². The predicted molar refractivity (Wildman–Crippen MR) is 68.4 cm³/mol. The van der Waals surface area contributed by atoms with Gasteiger partial charge in [0, 0.05) is 31.7 Å². The van der Waals surface area contributed by atoms with E-state index in [4.69, 9.17) is 5.73 Å². The number of hydrogen-bond donors (Lipinski definition) is 1. The largest absolute Gasteiger partial charge is 0.326 e. The van der Waals surface area contributed by atoms with Gasteiger partial charge in [0.15, 0.2) is 0 Å². The minimum absolute atomic E-state index is 0.383. The van der Waals surface area contributed by atoms with Crippen molar-refractivity contribution in [2.75, 3.05) is 33.2 Å². The smallest absolute Gasteiger partial charge is 0.0375 e. The highest BCUT2D eigenvalue weighted by Gasteiger charge is 2.33. The zero-order valence-corrected chi connectivity index (χ0v) is 11.0. The maximum absolute atomic E-state index is 6.29. The van der Waals surface area contributed by atoms with Crippen LogP contribution in [0.1, 0.15) is 26.7 Å². The Hall–Kier alpha value is -0.120. The molecule has 2 aliphatic rings. The quantitative estimate of drug-likeness (QED) is 0.722. The van der Waals surface area contributed by atoms with Crippen LogP contribution in [0.5, 0.6) is 0 Å². The normalized spacial score (nSPS) is 43.5. The molecule has 0 radical (unpaired) electrons. The van der Waals surface area contributed by atoms with Crippen LogP contribution in [-0.4, -0.2) is 55.1 Å². The molecule has 2 N–H and O–H groups in total. The van der Waals surface area contributed by atoms with Gasteiger partial charge < -0.3 is 10.6 Å². The number of piperidine rings is 2. The summed E-state index contributed by atoms with van der Waals surface area (Å²) < 4.78 is 0. The van der Waals surface area contributed by atoms with Crippen LogP contribution in [0.3, 0.4) is 0 Å². The minimum atomic E-state index is 0.383. The zero-order chi connectivity index (χ0) is 11.7. The van der Waals surface area contributed by atoms with E-state index < -0.39 is 0 Å². The molecule has 0 aliphatic carbocycles. The molecule has 0 aromatic heterocycles. The van der Waals surface area contributed by atoms with E-state index in [1.807, 2.05) is 0 Å². The third kappa shape index (κ3) is 2.76. The number of rotatable bonds is 1. The minimum Gasteiger partial charge on any atom is -0.326 e. The molecule has 0 aromatic carbocycles. The van der Waals surface area contributed by atoms with Gasteiger partial charge in [0.25, 0.3) is 0 Å². The van der Waals surface area contributed by atoms with Gasteiger partial charge in [-0.3, -0.25) is 4.90 Å². The number of nitrogens with two attached hydrogens (primary N) is 1.